The van der Waals surface area contributed by atoms with E-state index in [1.165, 1.54) is 0 Å². The molecule has 2 aromatic carbocycles. The Labute approximate surface area is 162 Å². The first-order valence-electron chi connectivity index (χ1n) is 9.31. The van der Waals surface area contributed by atoms with Gasteiger partial charge in [0.1, 0.15) is 11.3 Å². The second-order valence-electron chi connectivity index (χ2n) is 7.59. The summed E-state index contributed by atoms with van der Waals surface area (Å²) in [6, 6.07) is 14.0. The van der Waals surface area contributed by atoms with Gasteiger partial charge in [-0.15, -0.1) is 0 Å². The lowest BCUT2D eigenvalue weighted by Crippen LogP contribution is -2.43. The number of hydrogen-bond donors (Lipinski definition) is 1. The van der Waals surface area contributed by atoms with Gasteiger partial charge in [-0.25, -0.2) is 0 Å². The van der Waals surface area contributed by atoms with Crippen molar-refractivity contribution < 1.29 is 19.0 Å². The SMILES string of the molecule is C[C@@H]1C[C@H](O)C[C@@]2(OCc3cc(Cl)c(Cc4cc5ccccc5o4)cc32)O1. The Hall–Kier alpha value is -1.85. The van der Waals surface area contributed by atoms with Crippen molar-refractivity contribution in [3.63, 3.8) is 0 Å². The van der Waals surface area contributed by atoms with Crippen LogP contribution in [0.3, 0.4) is 0 Å². The van der Waals surface area contributed by atoms with Gasteiger partial charge in [-0.3, -0.25) is 0 Å². The molecule has 0 saturated carbocycles. The van der Waals surface area contributed by atoms with Gasteiger partial charge in [-0.2, -0.15) is 0 Å². The predicted molar refractivity (Wildman–Crippen MR) is 103 cm³/mol. The highest BCUT2D eigenvalue weighted by molar-refractivity contribution is 6.31. The lowest BCUT2D eigenvalue weighted by atomic mass is 9.90. The van der Waals surface area contributed by atoms with Crippen LogP contribution in [0.5, 0.6) is 0 Å². The maximum atomic E-state index is 10.3. The normalized spacial score (nSPS) is 27.4. The average Bonchev–Trinajstić information content (AvgIpc) is 3.16. The minimum Gasteiger partial charge on any atom is -0.461 e. The minimum atomic E-state index is -0.875. The first-order chi connectivity index (χ1) is 13.0. The molecule has 0 bridgehead atoms. The number of aliphatic hydroxyl groups excluding tert-OH is 1. The van der Waals surface area contributed by atoms with Crippen molar-refractivity contribution in [1.82, 2.24) is 0 Å². The number of aliphatic hydroxyl groups is 1. The summed E-state index contributed by atoms with van der Waals surface area (Å²) >= 11 is 6.55. The first-order valence-corrected chi connectivity index (χ1v) is 9.69. The lowest BCUT2D eigenvalue weighted by molar-refractivity contribution is -0.295. The van der Waals surface area contributed by atoms with E-state index in [0.29, 0.717) is 30.9 Å². The molecule has 5 rings (SSSR count). The van der Waals surface area contributed by atoms with Gasteiger partial charge in [0.05, 0.1) is 18.8 Å². The standard InChI is InChI=1S/C22H21ClO4/c1-13-6-17(24)11-22(27-13)19-9-15(20(23)10-16(19)12-25-22)8-18-7-14-4-2-3-5-21(14)26-18/h2-5,7,9-10,13,17,24H,6,8,11-12H2,1H3/t13-,17+,22-/m1/s1. The lowest BCUT2D eigenvalue weighted by Gasteiger charge is -2.39. The fourth-order valence-electron chi connectivity index (χ4n) is 4.32. The molecule has 1 aromatic heterocycles. The summed E-state index contributed by atoms with van der Waals surface area (Å²) < 4.78 is 18.2. The summed E-state index contributed by atoms with van der Waals surface area (Å²) in [6.45, 7) is 2.41. The third-order valence-corrected chi connectivity index (χ3v) is 5.84. The van der Waals surface area contributed by atoms with Crippen molar-refractivity contribution in [3.05, 3.63) is 69.9 Å². The van der Waals surface area contributed by atoms with Gasteiger partial charge in [-0.05, 0) is 48.7 Å². The number of rotatable bonds is 2. The van der Waals surface area contributed by atoms with E-state index in [2.05, 4.69) is 6.07 Å². The van der Waals surface area contributed by atoms with Crippen molar-refractivity contribution >= 4 is 22.6 Å². The molecule has 3 aromatic rings. The van der Waals surface area contributed by atoms with Crippen LogP contribution in [0.1, 0.15) is 42.2 Å². The molecule has 1 spiro atoms. The van der Waals surface area contributed by atoms with E-state index in [-0.39, 0.29) is 6.10 Å². The number of halogens is 1. The number of ether oxygens (including phenoxy) is 2. The van der Waals surface area contributed by atoms with Crippen LogP contribution in [0.15, 0.2) is 46.9 Å². The Morgan fingerprint density at radius 2 is 2.07 bits per heavy atom. The molecule has 4 nitrogen and oxygen atoms in total. The van der Waals surface area contributed by atoms with Gasteiger partial charge in [0, 0.05) is 28.8 Å². The van der Waals surface area contributed by atoms with Crippen molar-refractivity contribution in [2.24, 2.45) is 0 Å². The first kappa shape index (κ1) is 17.3. The third-order valence-electron chi connectivity index (χ3n) is 5.48. The van der Waals surface area contributed by atoms with E-state index in [4.69, 9.17) is 25.5 Å². The highest BCUT2D eigenvalue weighted by atomic mass is 35.5. The third kappa shape index (κ3) is 2.97. The molecule has 1 saturated heterocycles. The molecule has 0 amide bonds. The highest BCUT2D eigenvalue weighted by Crippen LogP contribution is 2.46. The van der Waals surface area contributed by atoms with Gasteiger partial charge in [0.25, 0.3) is 0 Å². The van der Waals surface area contributed by atoms with Gasteiger partial charge in [0.15, 0.2) is 5.79 Å². The van der Waals surface area contributed by atoms with E-state index in [1.807, 2.05) is 43.3 Å². The second kappa shape index (κ2) is 6.35. The van der Waals surface area contributed by atoms with Crippen molar-refractivity contribution in [1.29, 1.82) is 0 Å². The molecule has 5 heteroatoms. The van der Waals surface area contributed by atoms with Crippen LogP contribution in [0.25, 0.3) is 11.0 Å². The predicted octanol–water partition coefficient (Wildman–Crippen LogP) is 4.92. The second-order valence-corrected chi connectivity index (χ2v) is 8.00. The Bertz CT molecular complexity index is 966. The van der Waals surface area contributed by atoms with Crippen molar-refractivity contribution in [2.45, 2.75) is 50.8 Å². The zero-order chi connectivity index (χ0) is 18.6. The summed E-state index contributed by atoms with van der Waals surface area (Å²) in [7, 11) is 0. The van der Waals surface area contributed by atoms with Crippen LogP contribution >= 0.6 is 11.6 Å². The van der Waals surface area contributed by atoms with Crippen molar-refractivity contribution in [2.75, 3.05) is 0 Å². The summed E-state index contributed by atoms with van der Waals surface area (Å²) in [4.78, 5) is 0. The summed E-state index contributed by atoms with van der Waals surface area (Å²) in [6.07, 6.45) is 1.16. The fourth-order valence-corrected chi connectivity index (χ4v) is 4.57. The minimum absolute atomic E-state index is 0.0609. The summed E-state index contributed by atoms with van der Waals surface area (Å²) in [5.41, 5.74) is 3.84. The molecule has 140 valence electrons. The van der Waals surface area contributed by atoms with E-state index in [1.54, 1.807) is 0 Å². The number of benzene rings is 2. The van der Waals surface area contributed by atoms with Gasteiger partial charge in [0.2, 0.25) is 0 Å². The van der Waals surface area contributed by atoms with Crippen LogP contribution in [0.4, 0.5) is 0 Å². The molecule has 1 N–H and O–H groups in total. The van der Waals surface area contributed by atoms with E-state index < -0.39 is 11.9 Å². The molecule has 2 aliphatic heterocycles. The molecule has 2 aliphatic rings. The van der Waals surface area contributed by atoms with E-state index in [9.17, 15) is 5.11 Å². The van der Waals surface area contributed by atoms with Crippen LogP contribution in [-0.4, -0.2) is 17.3 Å². The Balaban J connectivity index is 1.52. The van der Waals surface area contributed by atoms with Gasteiger partial charge in [-0.1, -0.05) is 29.8 Å². The zero-order valence-electron chi connectivity index (χ0n) is 15.1. The van der Waals surface area contributed by atoms with E-state index >= 15 is 0 Å². The van der Waals surface area contributed by atoms with E-state index in [0.717, 1.165) is 33.4 Å². The Kier molecular flexibility index (Phi) is 4.06. The topological polar surface area (TPSA) is 51.8 Å². The van der Waals surface area contributed by atoms with Crippen LogP contribution in [0, 0.1) is 0 Å². The molecule has 27 heavy (non-hydrogen) atoms. The van der Waals surface area contributed by atoms with Gasteiger partial charge < -0.3 is 19.0 Å². The van der Waals surface area contributed by atoms with Crippen LogP contribution in [-0.2, 0) is 28.3 Å². The fraction of sp³-hybridized carbons (Fsp3) is 0.364. The maximum Gasteiger partial charge on any atom is 0.198 e. The molecule has 3 heterocycles. The Morgan fingerprint density at radius 1 is 1.22 bits per heavy atom. The largest absolute Gasteiger partial charge is 0.461 e. The molecule has 0 radical (unpaired) electrons. The smallest absolute Gasteiger partial charge is 0.198 e. The van der Waals surface area contributed by atoms with Crippen LogP contribution in [0.2, 0.25) is 5.02 Å². The number of fused-ring (bicyclic) bond motifs is 3. The molecule has 3 atom stereocenters. The molecule has 0 unspecified atom stereocenters. The summed E-state index contributed by atoms with van der Waals surface area (Å²) in [5.74, 6) is -0.0106. The number of furan rings is 1. The average molecular weight is 385 g/mol. The molecular formula is C22H21ClO4. The highest BCUT2D eigenvalue weighted by Gasteiger charge is 2.47. The maximum absolute atomic E-state index is 10.3. The zero-order valence-corrected chi connectivity index (χ0v) is 15.8. The molecule has 0 aliphatic carbocycles. The van der Waals surface area contributed by atoms with Crippen LogP contribution < -0.4 is 0 Å². The Morgan fingerprint density at radius 3 is 2.89 bits per heavy atom. The molecule has 1 fully saturated rings. The molecular weight excluding hydrogens is 364 g/mol. The monoisotopic (exact) mass is 384 g/mol. The quantitative estimate of drug-likeness (QED) is 0.681. The number of para-hydroxylation sites is 1. The number of hydrogen-bond acceptors (Lipinski definition) is 4. The van der Waals surface area contributed by atoms with Crippen molar-refractivity contribution in [3.8, 4) is 0 Å². The summed E-state index contributed by atoms with van der Waals surface area (Å²) in [5, 5.41) is 12.0. The van der Waals surface area contributed by atoms with Gasteiger partial charge >= 0.3 is 0 Å².